The second kappa shape index (κ2) is 44.5. The summed E-state index contributed by atoms with van der Waals surface area (Å²) in [6.45, 7) is 15.3. The fourth-order valence-electron chi connectivity index (χ4n) is 16.1. The zero-order valence-electron chi connectivity index (χ0n) is 79.8. The highest BCUT2D eigenvalue weighted by Gasteiger charge is 2.27. The predicted octanol–water partition coefficient (Wildman–Crippen LogP) is 24.3. The molecule has 0 atom stereocenters. The molecule has 0 spiro atoms. The van der Waals surface area contributed by atoms with Gasteiger partial charge >= 0.3 is 0 Å². The van der Waals surface area contributed by atoms with Crippen molar-refractivity contribution in [2.45, 2.75) is 88.1 Å². The summed E-state index contributed by atoms with van der Waals surface area (Å²) in [7, 11) is 4.51. The number of benzene rings is 10. The second-order valence-corrected chi connectivity index (χ2v) is 36.3. The Hall–Kier alpha value is -16.0. The van der Waals surface area contributed by atoms with Crippen LogP contribution in [0, 0.1) is 96.8 Å². The maximum absolute atomic E-state index is 14.8. The van der Waals surface area contributed by atoms with Gasteiger partial charge < -0.3 is 14.2 Å². The fraction of sp³-hybridized carbons (Fsp3) is 0.144. The van der Waals surface area contributed by atoms with Gasteiger partial charge in [-0.15, -0.1) is 0 Å². The van der Waals surface area contributed by atoms with Gasteiger partial charge in [0.1, 0.15) is 34.2 Å². The summed E-state index contributed by atoms with van der Waals surface area (Å²) in [6, 6.07) is 70.9. The number of aromatic nitrogens is 15. The molecule has 0 bridgehead atoms. The van der Waals surface area contributed by atoms with Crippen molar-refractivity contribution in [3.8, 4) is 73.5 Å². The minimum absolute atomic E-state index is 0.00235. The minimum atomic E-state index is -1.17. The van der Waals surface area contributed by atoms with Crippen LogP contribution in [0.2, 0.25) is 25.1 Å². The lowest BCUT2D eigenvalue weighted by molar-refractivity contribution is 0.356. The molecule has 10 heterocycles. The molecule has 20 rings (SSSR count). The normalized spacial score (nSPS) is 11.1. The molecule has 35 heteroatoms. The topological polar surface area (TPSA) is 267 Å². The van der Waals surface area contributed by atoms with Crippen LogP contribution >= 0.6 is 58.0 Å². The largest absolute Gasteiger partial charge is 0.497 e. The van der Waals surface area contributed by atoms with Crippen molar-refractivity contribution in [1.29, 1.82) is 0 Å². The lowest BCUT2D eigenvalue weighted by Crippen LogP contribution is -2.25. The van der Waals surface area contributed by atoms with Crippen LogP contribution in [0.1, 0.15) is 73.0 Å². The molecular weight excluding hydrogens is 1980 g/mol. The van der Waals surface area contributed by atoms with Gasteiger partial charge in [-0.25, -0.2) is 57.1 Å². The molecule has 20 aromatic rings. The molecule has 0 saturated carbocycles. The average molecular weight is 2070 g/mol. The van der Waals surface area contributed by atoms with Crippen molar-refractivity contribution in [2.24, 2.45) is 0 Å². The van der Waals surface area contributed by atoms with Gasteiger partial charge in [-0.05, 0) is 282 Å². The molecule has 736 valence electrons. The van der Waals surface area contributed by atoms with Gasteiger partial charge in [0.2, 0.25) is 29.7 Å². The van der Waals surface area contributed by atoms with Gasteiger partial charge in [0.15, 0.2) is 23.1 Å². The molecule has 0 aliphatic heterocycles. The van der Waals surface area contributed by atoms with Crippen LogP contribution in [0.15, 0.2) is 279 Å². The molecule has 10 aromatic heterocycles. The number of aryl methyl sites for hydroxylation is 8. The smallest absolute Gasteiger partial charge is 0.275 e. The molecule has 0 amide bonds. The van der Waals surface area contributed by atoms with E-state index in [4.69, 9.17) is 72.2 Å². The number of rotatable bonds is 18. The lowest BCUT2D eigenvalue weighted by atomic mass is 10.0. The molecule has 0 N–H and O–H groups in total. The summed E-state index contributed by atoms with van der Waals surface area (Å²) in [4.78, 5) is 84.8. The first kappa shape index (κ1) is 103. The number of fused-ring (bicyclic) bond motifs is 5. The molecule has 0 aliphatic carbocycles. The van der Waals surface area contributed by atoms with E-state index in [0.29, 0.717) is 137 Å². The maximum atomic E-state index is 14.8. The molecule has 23 nitrogen and oxygen atoms in total. The van der Waals surface area contributed by atoms with Gasteiger partial charge in [-0.1, -0.05) is 130 Å². The van der Waals surface area contributed by atoms with Crippen LogP contribution in [-0.4, -0.2) is 95.2 Å². The van der Waals surface area contributed by atoms with Crippen LogP contribution < -0.4 is 42.0 Å². The average Bonchev–Trinajstić information content (AvgIpc) is 0.754. The molecule has 0 aliphatic rings. The number of ether oxygens (including phenoxy) is 3. The molecule has 0 radical (unpaired) electrons. The second-order valence-electron chi connectivity index (χ2n) is 34.2. The summed E-state index contributed by atoms with van der Waals surface area (Å²) < 4.78 is 123. The van der Waals surface area contributed by atoms with Gasteiger partial charge in [-0.2, -0.15) is 47.4 Å². The highest BCUT2D eigenvalue weighted by molar-refractivity contribution is 6.32. The van der Waals surface area contributed by atoms with Crippen molar-refractivity contribution in [2.75, 3.05) is 21.3 Å². The fourth-order valence-corrected chi connectivity index (χ4v) is 16.7. The number of methoxy groups -OCH3 is 3. The van der Waals surface area contributed by atoms with Crippen LogP contribution in [0.5, 0.6) is 17.2 Å². The van der Waals surface area contributed by atoms with E-state index in [1.807, 2.05) is 93.6 Å². The lowest BCUT2D eigenvalue weighted by Gasteiger charge is -2.15. The third-order valence-corrected chi connectivity index (χ3v) is 25.0. The minimum Gasteiger partial charge on any atom is -0.497 e. The highest BCUT2D eigenvalue weighted by atomic mass is 35.5. The number of hydrogen-bond donors (Lipinski definition) is 0. The van der Waals surface area contributed by atoms with E-state index in [1.54, 1.807) is 198 Å². The number of hydrogen-bond acceptors (Lipinski definition) is 18. The van der Waals surface area contributed by atoms with E-state index in [0.717, 1.165) is 55.8 Å². The Morgan fingerprint density at radius 3 is 0.747 bits per heavy atom. The first-order valence-corrected chi connectivity index (χ1v) is 46.9. The van der Waals surface area contributed by atoms with Gasteiger partial charge in [0, 0.05) is 80.5 Å². The molecule has 0 saturated heterocycles. The van der Waals surface area contributed by atoms with Crippen LogP contribution in [0.4, 0.5) is 30.7 Å². The summed E-state index contributed by atoms with van der Waals surface area (Å²) in [5.41, 5.74) is 10.5. The zero-order valence-corrected chi connectivity index (χ0v) is 83.6. The Kier molecular flexibility index (Phi) is 31.3. The Morgan fingerprint density at radius 1 is 0.240 bits per heavy atom. The van der Waals surface area contributed by atoms with Gasteiger partial charge in [0.25, 0.3) is 27.8 Å². The standard InChI is InChI=1S/C23H19ClFN3O3.C23H19ClFN3O.C22H17ClFN3O2.C22H17ClFN3O.C21H13ClF3N3O/c1-13-4-9-16(22(25)26-13)21-17-10-19(30-2)20(31-3)11-18(17)23(29)28(27-21)12-14-5-7-15(24)8-6-14;1-13-10-19-20(11-14(13)2)23(29)28(12-16-5-7-17(24)8-6-16)27-21(19)18-9-4-15(3)26-22(18)25;1-13-3-9-18(21(24)25-13)20-19-11-16(29-2)8-10-17(19)22(28)27(26-20)12-14-4-6-15(23)7-5-14;1-13-3-9-17-19(11-13)20(18-10-4-14(2)25-21(18)24)26-27(22(17)28)12-15-5-7-16(23)8-6-15;1-11-2-7-14(20(25)26-11)19-15-8-17(23)18(24)9-16(15)21(29)28(27-19)10-12-3-5-13(22)6-4-12/h4-11H,12H2,1-3H3;4-11H,12H2,1-3H3;3-11H,12H2,1-2H3;3-11H,12H2,1-2H3;2-9H,10H2,1H3. The third kappa shape index (κ3) is 23.1. The summed E-state index contributed by atoms with van der Waals surface area (Å²) in [6.07, 6.45) is 0. The van der Waals surface area contributed by atoms with E-state index in [2.05, 4.69) is 50.4 Å². The Balaban J connectivity index is 0.000000131. The third-order valence-electron chi connectivity index (χ3n) is 23.8. The van der Waals surface area contributed by atoms with Crippen LogP contribution in [-0.2, 0) is 32.7 Å². The first-order valence-electron chi connectivity index (χ1n) is 45.0. The molecule has 146 heavy (non-hydrogen) atoms. The first-order chi connectivity index (χ1) is 69.9. The summed E-state index contributed by atoms with van der Waals surface area (Å²) >= 11 is 29.7. The van der Waals surface area contributed by atoms with E-state index >= 15 is 0 Å². The van der Waals surface area contributed by atoms with Crippen molar-refractivity contribution in [1.82, 2.24) is 73.8 Å². The molecule has 10 aromatic carbocycles. The zero-order chi connectivity index (χ0) is 104. The maximum Gasteiger partial charge on any atom is 0.275 e. The Morgan fingerprint density at radius 2 is 0.466 bits per heavy atom. The van der Waals surface area contributed by atoms with Crippen molar-refractivity contribution < 1.29 is 44.9 Å². The monoisotopic (exact) mass is 2060 g/mol. The van der Waals surface area contributed by atoms with Gasteiger partial charge in [-0.3, -0.25) is 24.0 Å². The van der Waals surface area contributed by atoms with E-state index in [1.165, 1.54) is 46.1 Å². The molecular formula is C111H85Cl5F7N15O8. The van der Waals surface area contributed by atoms with E-state index < -0.39 is 46.9 Å². The summed E-state index contributed by atoms with van der Waals surface area (Å²) in [5.74, 6) is -4.31. The number of nitrogens with zero attached hydrogens (tertiary/aromatic N) is 15. The SMILES string of the molecule is COc1cc2c(-c3ccc(C)nc3F)nn(Cc3ccc(Cl)cc3)c(=O)c2cc1OC.COc1ccc2c(=O)n(Cc3ccc(Cl)cc3)nc(-c3ccc(C)nc3F)c2c1.Cc1ccc(-c2nn(Cc3ccc(Cl)cc3)c(=O)c3cc(C)c(C)cc23)c(F)n1.Cc1ccc(-c2nn(Cc3ccc(Cl)cc3)c(=O)c3cc(F)c(F)cc23)c(F)n1.Cc1ccc2c(=O)n(Cc3ccc(Cl)cc3)nc(-c3ccc(C)nc3F)c2c1. The van der Waals surface area contributed by atoms with E-state index in [9.17, 15) is 54.7 Å². The number of halogens is 12. The van der Waals surface area contributed by atoms with Crippen LogP contribution in [0.25, 0.3) is 110 Å². The van der Waals surface area contributed by atoms with Gasteiger partial charge in [0.05, 0.1) is 109 Å². The van der Waals surface area contributed by atoms with Crippen LogP contribution in [0.3, 0.4) is 0 Å². The predicted molar refractivity (Wildman–Crippen MR) is 556 cm³/mol. The molecule has 0 fully saturated rings. The quantitative estimate of drug-likeness (QED) is 0.0570. The van der Waals surface area contributed by atoms with Crippen molar-refractivity contribution >= 4 is 112 Å². The highest BCUT2D eigenvalue weighted by Crippen LogP contribution is 2.39. The molecule has 0 unspecified atom stereocenters. The Labute approximate surface area is 854 Å². The van der Waals surface area contributed by atoms with Crippen molar-refractivity contribution in [3.05, 3.63) is 446 Å². The van der Waals surface area contributed by atoms with E-state index in [-0.39, 0.29) is 105 Å². The van der Waals surface area contributed by atoms with Crippen molar-refractivity contribution in [3.63, 3.8) is 0 Å². The summed E-state index contributed by atoms with van der Waals surface area (Å²) in [5, 5.41) is 29.1. The Bertz CT molecular complexity index is 8610. The number of pyridine rings is 5.